The number of phenols is 1. The average molecular weight is 460 g/mol. The number of aromatic hydroxyl groups is 1. The van der Waals surface area contributed by atoms with Crippen LogP contribution in [0.3, 0.4) is 0 Å². The van der Waals surface area contributed by atoms with Crippen LogP contribution in [-0.2, 0) is 32.1 Å². The maximum Gasteiger partial charge on any atom is 0.408 e. The molecule has 10 heteroatoms. The summed E-state index contributed by atoms with van der Waals surface area (Å²) in [7, 11) is 0. The van der Waals surface area contributed by atoms with Gasteiger partial charge in [0.1, 0.15) is 24.4 Å². The van der Waals surface area contributed by atoms with E-state index < -0.39 is 42.4 Å². The lowest BCUT2D eigenvalue weighted by Gasteiger charge is -2.21. The summed E-state index contributed by atoms with van der Waals surface area (Å²) in [5, 5.41) is 32.3. The van der Waals surface area contributed by atoms with Crippen molar-refractivity contribution in [3.05, 3.63) is 65.7 Å². The van der Waals surface area contributed by atoms with Crippen molar-refractivity contribution in [3.8, 4) is 5.75 Å². The Bertz CT molecular complexity index is 931. The molecule has 1 unspecified atom stereocenters. The molecule has 2 atom stereocenters. The second-order valence-electron chi connectivity index (χ2n) is 6.96. The van der Waals surface area contributed by atoms with Crippen molar-refractivity contribution < 1.29 is 39.2 Å². The lowest BCUT2D eigenvalue weighted by Crippen LogP contribution is -2.52. The van der Waals surface area contributed by atoms with E-state index in [1.165, 1.54) is 24.3 Å². The topological polar surface area (TPSA) is 162 Å². The van der Waals surface area contributed by atoms with Crippen molar-refractivity contribution in [2.75, 3.05) is 0 Å². The number of amides is 2. The molecule has 2 aromatic rings. The van der Waals surface area contributed by atoms with Crippen LogP contribution in [0.4, 0.5) is 4.79 Å². The van der Waals surface area contributed by atoms with Gasteiger partial charge in [-0.2, -0.15) is 0 Å². The van der Waals surface area contributed by atoms with Crippen molar-refractivity contribution in [1.29, 1.82) is 0 Å². The summed E-state index contributed by atoms with van der Waals surface area (Å²) in [6.07, 6.45) is -1.70. The summed E-state index contributed by atoms with van der Waals surface area (Å²) in [6.45, 7) is -0.0570. The highest BCUT2D eigenvalue weighted by molar-refractivity contribution is 5.89. The molecule has 10 nitrogen and oxygen atoms in total. The van der Waals surface area contributed by atoms with Crippen molar-refractivity contribution in [1.82, 2.24) is 10.6 Å². The molecule has 178 valence electrons. The highest BCUT2D eigenvalue weighted by atomic mass is 16.5. The zero-order valence-corrected chi connectivity index (χ0v) is 17.1. The third-order valence-electron chi connectivity index (χ3n) is 4.46. The first-order valence-electron chi connectivity index (χ1n) is 9.74. The number of carbonyl (C=O) groups is 4. The van der Waals surface area contributed by atoms with Gasteiger partial charge in [0.25, 0.3) is 0 Å². The maximum absolute atomic E-state index is 12.6. The Morgan fingerprint density at radius 2 is 1.48 bits per heavy atom. The molecule has 2 aromatic carbocycles. The third kappa shape index (κ3) is 9.72. The number of hydrogen-bond acceptors (Lipinski definition) is 6. The predicted octanol–water partition coefficient (Wildman–Crippen LogP) is 2.30. The zero-order chi connectivity index (χ0) is 23.5. The van der Waals surface area contributed by atoms with E-state index in [-0.39, 0.29) is 32.6 Å². The van der Waals surface area contributed by atoms with Crippen molar-refractivity contribution in [2.45, 2.75) is 45.4 Å². The van der Waals surface area contributed by atoms with Gasteiger partial charge in [0.15, 0.2) is 0 Å². The Balaban J connectivity index is 0.00000544. The number of alkyl carbamates (subject to hydrolysis) is 1. The Kier molecular flexibility index (Phi) is 10.9. The number of benzene rings is 2. The fourth-order valence-electron chi connectivity index (χ4n) is 2.78. The van der Waals surface area contributed by atoms with Gasteiger partial charge >= 0.3 is 18.0 Å². The van der Waals surface area contributed by atoms with Crippen LogP contribution >= 0.6 is 0 Å². The number of carbonyl (C=O) groups excluding carboxylic acids is 2. The molecule has 0 bridgehead atoms. The Morgan fingerprint density at radius 1 is 0.848 bits per heavy atom. The molecule has 0 saturated carbocycles. The standard InChI is InChI=1S/C22H24N2O8.CH4/c25-16-8-6-14(7-9-16)12-18(21(29)30)23-20(28)17(10-11-19(26)27)24-22(31)32-13-15-4-2-1-3-5-15;/h1-9,17-18,25H,10-13H2,(H,23,28)(H,24,31)(H,26,27)(H,29,30);1H4/t17-,18?;/m0./s1. The van der Waals surface area contributed by atoms with Crippen LogP contribution in [0.1, 0.15) is 31.4 Å². The first-order valence-corrected chi connectivity index (χ1v) is 9.74. The Hall–Kier alpha value is -4.08. The molecule has 0 spiro atoms. The van der Waals surface area contributed by atoms with Gasteiger partial charge < -0.3 is 30.7 Å². The van der Waals surface area contributed by atoms with Crippen LogP contribution in [0.2, 0.25) is 0 Å². The number of carboxylic acid groups (broad SMARTS) is 2. The van der Waals surface area contributed by atoms with Gasteiger partial charge in [-0.3, -0.25) is 9.59 Å². The van der Waals surface area contributed by atoms with Crippen LogP contribution in [0.5, 0.6) is 5.75 Å². The lowest BCUT2D eigenvalue weighted by atomic mass is 10.0. The molecule has 0 aromatic heterocycles. The second-order valence-corrected chi connectivity index (χ2v) is 6.96. The van der Waals surface area contributed by atoms with Crippen LogP contribution in [-0.4, -0.2) is 51.3 Å². The molecule has 0 saturated heterocycles. The monoisotopic (exact) mass is 460 g/mol. The molecular weight excluding hydrogens is 432 g/mol. The highest BCUT2D eigenvalue weighted by Crippen LogP contribution is 2.12. The molecule has 0 fully saturated rings. The summed E-state index contributed by atoms with van der Waals surface area (Å²) >= 11 is 0. The van der Waals surface area contributed by atoms with Gasteiger partial charge in [0, 0.05) is 12.8 Å². The van der Waals surface area contributed by atoms with Gasteiger partial charge in [-0.15, -0.1) is 0 Å². The maximum atomic E-state index is 12.6. The smallest absolute Gasteiger partial charge is 0.408 e. The van der Waals surface area contributed by atoms with Crippen LogP contribution in [0, 0.1) is 0 Å². The number of aliphatic carboxylic acids is 2. The quantitative estimate of drug-likeness (QED) is 0.341. The van der Waals surface area contributed by atoms with Crippen molar-refractivity contribution in [3.63, 3.8) is 0 Å². The first kappa shape index (κ1) is 27.0. The van der Waals surface area contributed by atoms with Gasteiger partial charge in [-0.25, -0.2) is 9.59 Å². The average Bonchev–Trinajstić information content (AvgIpc) is 2.76. The van der Waals surface area contributed by atoms with E-state index in [4.69, 9.17) is 9.84 Å². The minimum absolute atomic E-state index is 0. The molecule has 33 heavy (non-hydrogen) atoms. The number of phenolic OH excluding ortho intramolecular Hbond substituents is 1. The van der Waals surface area contributed by atoms with Crippen LogP contribution in [0.15, 0.2) is 54.6 Å². The van der Waals surface area contributed by atoms with Crippen molar-refractivity contribution in [2.24, 2.45) is 0 Å². The molecule has 5 N–H and O–H groups in total. The Labute approximate surface area is 191 Å². The largest absolute Gasteiger partial charge is 0.508 e. The van der Waals surface area contributed by atoms with E-state index in [1.807, 2.05) is 0 Å². The highest BCUT2D eigenvalue weighted by Gasteiger charge is 2.27. The minimum Gasteiger partial charge on any atom is -0.508 e. The number of carboxylic acids is 2. The number of hydrogen-bond donors (Lipinski definition) is 5. The normalized spacial score (nSPS) is 11.9. The van der Waals surface area contributed by atoms with Gasteiger partial charge in [0.05, 0.1) is 0 Å². The molecule has 0 aliphatic carbocycles. The van der Waals surface area contributed by atoms with Crippen LogP contribution < -0.4 is 10.6 Å². The Morgan fingerprint density at radius 3 is 2.06 bits per heavy atom. The predicted molar refractivity (Wildman–Crippen MR) is 119 cm³/mol. The zero-order valence-electron chi connectivity index (χ0n) is 17.1. The third-order valence-corrected chi connectivity index (χ3v) is 4.46. The van der Waals surface area contributed by atoms with E-state index in [1.54, 1.807) is 30.3 Å². The molecular formula is C23H28N2O8. The first-order chi connectivity index (χ1) is 15.2. The van der Waals surface area contributed by atoms with Crippen LogP contribution in [0.25, 0.3) is 0 Å². The lowest BCUT2D eigenvalue weighted by molar-refractivity contribution is -0.142. The van der Waals surface area contributed by atoms with E-state index in [0.29, 0.717) is 11.1 Å². The van der Waals surface area contributed by atoms with Gasteiger partial charge in [-0.1, -0.05) is 49.9 Å². The summed E-state index contributed by atoms with van der Waals surface area (Å²) < 4.78 is 5.06. The molecule has 0 aliphatic heterocycles. The summed E-state index contributed by atoms with van der Waals surface area (Å²) in [5.41, 5.74) is 1.27. The molecule has 0 aliphatic rings. The molecule has 2 amide bonds. The minimum atomic E-state index is -1.33. The number of ether oxygens (including phenoxy) is 1. The second kappa shape index (κ2) is 13.4. The van der Waals surface area contributed by atoms with E-state index >= 15 is 0 Å². The number of rotatable bonds is 11. The fourth-order valence-corrected chi connectivity index (χ4v) is 2.78. The SMILES string of the molecule is C.O=C(O)CC[C@H](NC(=O)OCc1ccccc1)C(=O)NC(Cc1ccc(O)cc1)C(=O)O. The fraction of sp³-hybridized carbons (Fsp3) is 0.304. The van der Waals surface area contributed by atoms with E-state index in [0.717, 1.165) is 0 Å². The number of nitrogens with one attached hydrogen (secondary N) is 2. The molecule has 2 rings (SSSR count). The van der Waals surface area contributed by atoms with E-state index in [2.05, 4.69) is 10.6 Å². The summed E-state index contributed by atoms with van der Waals surface area (Å²) in [6, 6.07) is 12.0. The van der Waals surface area contributed by atoms with Gasteiger partial charge in [-0.05, 0) is 29.7 Å². The van der Waals surface area contributed by atoms with E-state index in [9.17, 15) is 29.4 Å². The summed E-state index contributed by atoms with van der Waals surface area (Å²) in [5.74, 6) is -3.33. The van der Waals surface area contributed by atoms with Gasteiger partial charge in [0.2, 0.25) is 5.91 Å². The molecule has 0 heterocycles. The molecule has 0 radical (unpaired) electrons. The summed E-state index contributed by atoms with van der Waals surface area (Å²) in [4.78, 5) is 47.3. The van der Waals surface area contributed by atoms with Crippen molar-refractivity contribution >= 4 is 23.9 Å².